The molecule has 1 aromatic rings. The molecule has 0 radical (unpaired) electrons. The van der Waals surface area contributed by atoms with E-state index in [4.69, 9.17) is 11.6 Å². The molecule has 0 aliphatic carbocycles. The zero-order valence-corrected chi connectivity index (χ0v) is 9.99. The SMILES string of the molecule is CCOC(=O)C(O)c1sc(Cl)nc1C(F)(F)F. The number of hydrogen-bond donors (Lipinski definition) is 1. The number of alkyl halides is 3. The number of hydrogen-bond acceptors (Lipinski definition) is 5. The lowest BCUT2D eigenvalue weighted by Gasteiger charge is -2.10. The summed E-state index contributed by atoms with van der Waals surface area (Å²) in [6.45, 7) is 1.42. The molecule has 0 amide bonds. The van der Waals surface area contributed by atoms with Gasteiger partial charge in [0, 0.05) is 0 Å². The van der Waals surface area contributed by atoms with Crippen LogP contribution in [0.5, 0.6) is 0 Å². The molecule has 4 nitrogen and oxygen atoms in total. The average Bonchev–Trinajstić information content (AvgIpc) is 2.59. The summed E-state index contributed by atoms with van der Waals surface area (Å²) in [6.07, 6.45) is -6.82. The molecular formula is C8H7ClF3NO3S. The smallest absolute Gasteiger partial charge is 0.434 e. The fraction of sp³-hybridized carbons (Fsp3) is 0.500. The predicted molar refractivity (Wildman–Crippen MR) is 53.7 cm³/mol. The van der Waals surface area contributed by atoms with Crippen molar-refractivity contribution in [2.24, 2.45) is 0 Å². The summed E-state index contributed by atoms with van der Waals surface area (Å²) in [4.78, 5) is 13.5. The van der Waals surface area contributed by atoms with Crippen molar-refractivity contribution in [1.82, 2.24) is 4.98 Å². The highest BCUT2D eigenvalue weighted by molar-refractivity contribution is 7.16. The fourth-order valence-electron chi connectivity index (χ4n) is 1.02. The van der Waals surface area contributed by atoms with E-state index in [0.29, 0.717) is 11.3 Å². The van der Waals surface area contributed by atoms with E-state index in [9.17, 15) is 23.1 Å². The Kier molecular flexibility index (Phi) is 4.34. The minimum Gasteiger partial charge on any atom is -0.464 e. The molecule has 0 fully saturated rings. The molecule has 9 heteroatoms. The van der Waals surface area contributed by atoms with Crippen molar-refractivity contribution < 1.29 is 27.8 Å². The number of esters is 1. The summed E-state index contributed by atoms with van der Waals surface area (Å²) in [6, 6.07) is 0. The molecule has 0 aromatic carbocycles. The van der Waals surface area contributed by atoms with Gasteiger partial charge < -0.3 is 9.84 Å². The van der Waals surface area contributed by atoms with Crippen LogP contribution in [0.15, 0.2) is 0 Å². The maximum Gasteiger partial charge on any atom is 0.434 e. The topological polar surface area (TPSA) is 59.4 Å². The minimum atomic E-state index is -4.79. The molecule has 0 bridgehead atoms. The van der Waals surface area contributed by atoms with Gasteiger partial charge in [0.1, 0.15) is 0 Å². The third-order valence-electron chi connectivity index (χ3n) is 1.65. The number of aliphatic hydroxyl groups is 1. The van der Waals surface area contributed by atoms with Crippen LogP contribution in [0.4, 0.5) is 13.2 Å². The van der Waals surface area contributed by atoms with Crippen molar-refractivity contribution in [3.63, 3.8) is 0 Å². The Bertz CT molecular complexity index is 421. The molecule has 17 heavy (non-hydrogen) atoms. The molecule has 1 atom stereocenters. The van der Waals surface area contributed by atoms with E-state index in [0.717, 1.165) is 0 Å². The van der Waals surface area contributed by atoms with Crippen molar-refractivity contribution in [2.45, 2.75) is 19.2 Å². The molecule has 1 unspecified atom stereocenters. The lowest BCUT2D eigenvalue weighted by atomic mass is 10.2. The number of halogens is 4. The van der Waals surface area contributed by atoms with Gasteiger partial charge in [-0.3, -0.25) is 0 Å². The summed E-state index contributed by atoms with van der Waals surface area (Å²) in [5, 5.41) is 9.41. The van der Waals surface area contributed by atoms with Gasteiger partial charge in [-0.15, -0.1) is 11.3 Å². The normalized spacial score (nSPS) is 13.5. The molecule has 96 valence electrons. The second-order valence-corrected chi connectivity index (χ2v) is 4.44. The third-order valence-corrected chi connectivity index (χ3v) is 2.87. The maximum absolute atomic E-state index is 12.5. The first kappa shape index (κ1) is 14.2. The molecule has 0 aliphatic rings. The van der Waals surface area contributed by atoms with Gasteiger partial charge in [-0.25, -0.2) is 9.78 Å². The molecular weight excluding hydrogens is 283 g/mol. The standard InChI is InChI=1S/C8H7ClF3NO3S/c1-2-16-6(15)3(14)4-5(8(10,11)12)13-7(9)17-4/h3,14H,2H2,1H3. The molecule has 0 saturated carbocycles. The first-order valence-corrected chi connectivity index (χ1v) is 5.55. The Hall–Kier alpha value is -0.860. The van der Waals surface area contributed by atoms with E-state index < -0.39 is 33.3 Å². The van der Waals surface area contributed by atoms with Gasteiger partial charge >= 0.3 is 12.1 Å². The van der Waals surface area contributed by atoms with Crippen LogP contribution in [0.25, 0.3) is 0 Å². The first-order valence-electron chi connectivity index (χ1n) is 4.35. The van der Waals surface area contributed by atoms with Gasteiger partial charge in [-0.05, 0) is 6.92 Å². The summed E-state index contributed by atoms with van der Waals surface area (Å²) < 4.78 is 41.5. The lowest BCUT2D eigenvalue weighted by Crippen LogP contribution is -2.18. The van der Waals surface area contributed by atoms with E-state index in [1.165, 1.54) is 6.92 Å². The summed E-state index contributed by atoms with van der Waals surface area (Å²) in [5.74, 6) is -1.17. The van der Waals surface area contributed by atoms with Crippen molar-refractivity contribution in [3.8, 4) is 0 Å². The number of carbonyl (C=O) groups excluding carboxylic acids is 1. The van der Waals surface area contributed by atoms with Gasteiger partial charge in [0.25, 0.3) is 0 Å². The number of aliphatic hydroxyl groups excluding tert-OH is 1. The Morgan fingerprint density at radius 2 is 2.24 bits per heavy atom. The first-order chi connectivity index (χ1) is 7.77. The second kappa shape index (κ2) is 5.19. The summed E-state index contributed by atoms with van der Waals surface area (Å²) in [7, 11) is 0. The summed E-state index contributed by atoms with van der Waals surface area (Å²) in [5.41, 5.74) is -1.37. The molecule has 1 N–H and O–H groups in total. The molecule has 1 heterocycles. The highest BCUT2D eigenvalue weighted by Gasteiger charge is 2.41. The lowest BCUT2D eigenvalue weighted by molar-refractivity contribution is -0.155. The molecule has 0 saturated heterocycles. The van der Waals surface area contributed by atoms with E-state index in [2.05, 4.69) is 9.72 Å². The number of rotatable bonds is 3. The van der Waals surface area contributed by atoms with E-state index in [1.54, 1.807) is 0 Å². The number of aromatic nitrogens is 1. The van der Waals surface area contributed by atoms with Crippen LogP contribution >= 0.6 is 22.9 Å². The van der Waals surface area contributed by atoms with Crippen LogP contribution in [0.1, 0.15) is 23.6 Å². The fourth-order valence-corrected chi connectivity index (χ4v) is 2.14. The van der Waals surface area contributed by atoms with E-state index in [-0.39, 0.29) is 6.61 Å². The monoisotopic (exact) mass is 289 g/mol. The van der Waals surface area contributed by atoms with Crippen molar-refractivity contribution in [2.75, 3.05) is 6.61 Å². The van der Waals surface area contributed by atoms with Crippen molar-refractivity contribution in [3.05, 3.63) is 15.0 Å². The van der Waals surface area contributed by atoms with E-state index >= 15 is 0 Å². The van der Waals surface area contributed by atoms with Gasteiger partial charge in [-0.2, -0.15) is 13.2 Å². The van der Waals surface area contributed by atoms with Crippen LogP contribution in [0.3, 0.4) is 0 Å². The highest BCUT2D eigenvalue weighted by atomic mass is 35.5. The highest BCUT2D eigenvalue weighted by Crippen LogP contribution is 2.39. The summed E-state index contributed by atoms with van der Waals surface area (Å²) >= 11 is 5.73. The molecule has 1 rings (SSSR count). The quantitative estimate of drug-likeness (QED) is 0.868. The van der Waals surface area contributed by atoms with E-state index in [1.807, 2.05) is 0 Å². The number of nitrogens with zero attached hydrogens (tertiary/aromatic N) is 1. The van der Waals surface area contributed by atoms with Gasteiger partial charge in [0.05, 0.1) is 11.5 Å². The van der Waals surface area contributed by atoms with Gasteiger partial charge in [0.2, 0.25) is 0 Å². The average molecular weight is 290 g/mol. The Labute approximate surface area is 103 Å². The Morgan fingerprint density at radius 1 is 1.65 bits per heavy atom. The van der Waals surface area contributed by atoms with Crippen LogP contribution in [0.2, 0.25) is 4.47 Å². The number of thiazole rings is 1. The zero-order chi connectivity index (χ0) is 13.2. The van der Waals surface area contributed by atoms with Gasteiger partial charge in [0.15, 0.2) is 16.3 Å². The van der Waals surface area contributed by atoms with Crippen LogP contribution in [-0.4, -0.2) is 22.7 Å². The Morgan fingerprint density at radius 3 is 2.71 bits per heavy atom. The van der Waals surface area contributed by atoms with Crippen molar-refractivity contribution in [1.29, 1.82) is 0 Å². The van der Waals surface area contributed by atoms with Crippen LogP contribution < -0.4 is 0 Å². The third kappa shape index (κ3) is 3.30. The Balaban J connectivity index is 3.09. The second-order valence-electron chi connectivity index (χ2n) is 2.83. The maximum atomic E-state index is 12.5. The largest absolute Gasteiger partial charge is 0.464 e. The zero-order valence-electron chi connectivity index (χ0n) is 8.42. The molecule has 0 aliphatic heterocycles. The van der Waals surface area contributed by atoms with Crippen molar-refractivity contribution >= 4 is 28.9 Å². The molecule has 0 spiro atoms. The number of ether oxygens (including phenoxy) is 1. The van der Waals surface area contributed by atoms with Crippen LogP contribution in [0, 0.1) is 0 Å². The van der Waals surface area contributed by atoms with Crippen LogP contribution in [-0.2, 0) is 15.7 Å². The number of carbonyl (C=O) groups is 1. The molecule has 1 aromatic heterocycles. The minimum absolute atomic E-state index is 0.0518. The predicted octanol–water partition coefficient (Wildman–Crippen LogP) is 2.41. The van der Waals surface area contributed by atoms with Gasteiger partial charge in [-0.1, -0.05) is 11.6 Å².